The second-order valence-corrected chi connectivity index (χ2v) is 11.4. The molecule has 0 radical (unpaired) electrons. The van der Waals surface area contributed by atoms with Crippen LogP contribution in [-0.4, -0.2) is 75.4 Å². The summed E-state index contributed by atoms with van der Waals surface area (Å²) in [6.07, 6.45) is 1.99. The first kappa shape index (κ1) is 28.9. The summed E-state index contributed by atoms with van der Waals surface area (Å²) in [6, 6.07) is 7.77. The summed E-state index contributed by atoms with van der Waals surface area (Å²) in [7, 11) is 0. The van der Waals surface area contributed by atoms with Gasteiger partial charge in [-0.25, -0.2) is 4.98 Å². The lowest BCUT2D eigenvalue weighted by Crippen LogP contribution is -2.59. The van der Waals surface area contributed by atoms with Gasteiger partial charge in [-0.1, -0.05) is 0 Å². The Labute approximate surface area is 244 Å². The van der Waals surface area contributed by atoms with E-state index in [2.05, 4.69) is 15.3 Å². The average molecular weight is 597 g/mol. The number of aromatic nitrogens is 1. The third kappa shape index (κ3) is 5.05. The Hall–Kier alpha value is -4.24. The number of benzene rings is 1. The highest BCUT2D eigenvalue weighted by molar-refractivity contribution is 6.05. The van der Waals surface area contributed by atoms with Gasteiger partial charge in [0.15, 0.2) is 0 Å². The van der Waals surface area contributed by atoms with Gasteiger partial charge in [0.1, 0.15) is 23.3 Å². The molecule has 14 heteroatoms. The highest BCUT2D eigenvalue weighted by Gasteiger charge is 2.53. The molecule has 11 nitrogen and oxygen atoms in total. The maximum Gasteiger partial charge on any atom is 0.416 e. The number of alkyl halides is 3. The molecule has 4 N–H and O–H groups in total. The SMILES string of the molecule is CC1(C(=O)N2CCC[C@](O)(C3=C4C=NC=C[N+]4(N)C(c4ccc(C(=O)Nc5cc(C(F)(F)F)ccn5)cc4)=N3)C2)COC1. The number of pyridine rings is 1. The van der Waals surface area contributed by atoms with Gasteiger partial charge in [0.2, 0.25) is 11.6 Å². The van der Waals surface area contributed by atoms with Crippen molar-refractivity contribution in [3.8, 4) is 0 Å². The highest BCUT2D eigenvalue weighted by atomic mass is 19.4. The van der Waals surface area contributed by atoms with E-state index in [0.29, 0.717) is 55.4 Å². The molecule has 2 fully saturated rings. The molecule has 0 saturated carbocycles. The lowest BCUT2D eigenvalue weighted by atomic mass is 9.83. The van der Waals surface area contributed by atoms with E-state index >= 15 is 0 Å². The molecule has 6 rings (SSSR count). The van der Waals surface area contributed by atoms with E-state index in [4.69, 9.17) is 15.6 Å². The maximum atomic E-state index is 13.2. The van der Waals surface area contributed by atoms with Gasteiger partial charge in [-0.2, -0.15) is 24.0 Å². The van der Waals surface area contributed by atoms with Crippen molar-refractivity contribution < 1.29 is 37.2 Å². The van der Waals surface area contributed by atoms with Gasteiger partial charge >= 0.3 is 6.18 Å². The zero-order valence-corrected chi connectivity index (χ0v) is 23.1. The fourth-order valence-corrected chi connectivity index (χ4v) is 5.67. The van der Waals surface area contributed by atoms with Crippen molar-refractivity contribution in [1.82, 2.24) is 9.88 Å². The summed E-state index contributed by atoms with van der Waals surface area (Å²) in [5.74, 6) is 6.21. The second kappa shape index (κ2) is 10.2. The van der Waals surface area contributed by atoms with Gasteiger partial charge in [0.25, 0.3) is 11.7 Å². The number of anilines is 1. The molecular weight excluding hydrogens is 567 g/mol. The van der Waals surface area contributed by atoms with Gasteiger partial charge < -0.3 is 20.1 Å². The van der Waals surface area contributed by atoms with Crippen LogP contribution in [0.2, 0.25) is 0 Å². The molecule has 2 amide bonds. The van der Waals surface area contributed by atoms with Gasteiger partial charge in [0.05, 0.1) is 48.7 Å². The quantitative estimate of drug-likeness (QED) is 0.358. The molecule has 1 aromatic carbocycles. The van der Waals surface area contributed by atoms with E-state index in [1.807, 2.05) is 6.92 Å². The lowest BCUT2D eigenvalue weighted by Gasteiger charge is -2.45. The third-order valence-electron chi connectivity index (χ3n) is 8.08. The van der Waals surface area contributed by atoms with Crippen molar-refractivity contribution in [2.75, 3.05) is 31.6 Å². The van der Waals surface area contributed by atoms with Gasteiger partial charge in [-0.05, 0) is 56.2 Å². The number of aliphatic hydroxyl groups is 1. The number of amidine groups is 1. The van der Waals surface area contributed by atoms with Crippen molar-refractivity contribution in [2.24, 2.45) is 21.2 Å². The molecule has 2 saturated heterocycles. The van der Waals surface area contributed by atoms with Crippen LogP contribution in [-0.2, 0) is 15.7 Å². The number of aliphatic imine (C=N–C) groups is 2. The summed E-state index contributed by atoms with van der Waals surface area (Å²) in [4.78, 5) is 40.5. The number of hydrogen-bond acceptors (Lipinski definition) is 8. The monoisotopic (exact) mass is 596 g/mol. The number of fused-ring (bicyclic) bond motifs is 1. The van der Waals surface area contributed by atoms with E-state index in [0.717, 1.165) is 18.3 Å². The number of amides is 2. The summed E-state index contributed by atoms with van der Waals surface area (Å²) in [5, 5.41) is 14.3. The highest BCUT2D eigenvalue weighted by Crippen LogP contribution is 2.41. The minimum atomic E-state index is -4.57. The Morgan fingerprint density at radius 2 is 1.93 bits per heavy atom. The van der Waals surface area contributed by atoms with Gasteiger partial charge in [-0.15, -0.1) is 4.59 Å². The first-order valence-electron chi connectivity index (χ1n) is 13.6. The summed E-state index contributed by atoms with van der Waals surface area (Å²) in [5.41, 5.74) is -1.57. The molecule has 2 atom stereocenters. The van der Waals surface area contributed by atoms with E-state index < -0.39 is 28.7 Å². The molecule has 5 heterocycles. The molecule has 0 spiro atoms. The lowest BCUT2D eigenvalue weighted by molar-refractivity contribution is -0.750. The van der Waals surface area contributed by atoms with E-state index in [1.165, 1.54) is 24.5 Å². The Bertz CT molecular complexity index is 1610. The summed E-state index contributed by atoms with van der Waals surface area (Å²) >= 11 is 0. The van der Waals surface area contributed by atoms with Crippen LogP contribution in [0.1, 0.15) is 41.3 Å². The van der Waals surface area contributed by atoms with E-state index in [-0.39, 0.29) is 28.4 Å². The Kier molecular flexibility index (Phi) is 6.84. The molecule has 1 unspecified atom stereocenters. The van der Waals surface area contributed by atoms with E-state index in [1.54, 1.807) is 23.2 Å². The minimum Gasteiger partial charge on any atom is -0.381 e. The van der Waals surface area contributed by atoms with Crippen LogP contribution in [0, 0.1) is 5.41 Å². The smallest absolute Gasteiger partial charge is 0.381 e. The van der Waals surface area contributed by atoms with Crippen LogP contribution in [0.3, 0.4) is 0 Å². The Morgan fingerprint density at radius 3 is 2.60 bits per heavy atom. The fraction of sp³-hybridized carbons (Fsp3) is 0.345. The van der Waals surface area contributed by atoms with Crippen LogP contribution in [0.15, 0.2) is 76.4 Å². The minimum absolute atomic E-state index is 0.0390. The molecule has 2 aromatic rings. The first-order chi connectivity index (χ1) is 20.3. The van der Waals surface area contributed by atoms with Crippen LogP contribution < -0.4 is 11.2 Å². The molecule has 1 aromatic heterocycles. The number of rotatable bonds is 5. The molecule has 0 aliphatic carbocycles. The van der Waals surface area contributed by atoms with Crippen LogP contribution in [0.5, 0.6) is 0 Å². The molecule has 0 bridgehead atoms. The van der Waals surface area contributed by atoms with Crippen LogP contribution in [0.4, 0.5) is 19.0 Å². The number of carbonyl (C=O) groups excluding carboxylic acids is 2. The van der Waals surface area contributed by atoms with E-state index in [9.17, 15) is 27.9 Å². The van der Waals surface area contributed by atoms with Crippen LogP contribution in [0.25, 0.3) is 0 Å². The third-order valence-corrected chi connectivity index (χ3v) is 8.08. The Balaban J connectivity index is 1.26. The Morgan fingerprint density at radius 1 is 1.19 bits per heavy atom. The molecular formula is C29H29F3N7O4+. The normalized spacial score (nSPS) is 26.1. The fourth-order valence-electron chi connectivity index (χ4n) is 5.67. The number of nitrogens with zero attached hydrogens (tertiary/aromatic N) is 5. The standard InChI is InChI=1S/C29H28F3N7O4/c1-27(16-43-17-27)26(41)38-11-2-8-28(42,15-38)23-21-14-34-10-12-39(21,33)24(37-23)18-3-5-19(6-4-18)25(40)36-22-13-20(7-9-35-22)29(30,31)32/h3-7,9-10,12-14,42H,2,8,11,15-17,33H2,1H3/p+1/t28-,39?/m1/s1. The zero-order chi connectivity index (χ0) is 30.6. The number of nitrogens with one attached hydrogen (secondary N) is 1. The first-order valence-corrected chi connectivity index (χ1v) is 13.6. The number of hydrogen-bond donors (Lipinski definition) is 3. The number of carbonyl (C=O) groups is 2. The number of halogens is 3. The molecule has 43 heavy (non-hydrogen) atoms. The predicted octanol–water partition coefficient (Wildman–Crippen LogP) is 2.96. The number of allylic oxidation sites excluding steroid dienone is 1. The van der Waals surface area contributed by atoms with Crippen molar-refractivity contribution >= 4 is 29.7 Å². The maximum absolute atomic E-state index is 13.2. The zero-order valence-electron chi connectivity index (χ0n) is 23.1. The predicted molar refractivity (Wildman–Crippen MR) is 149 cm³/mol. The van der Waals surface area contributed by atoms with Gasteiger partial charge in [0, 0.05) is 18.3 Å². The number of quaternary nitrogens is 1. The largest absolute Gasteiger partial charge is 0.416 e. The second-order valence-electron chi connectivity index (χ2n) is 11.4. The number of ether oxygens (including phenoxy) is 1. The number of nitrogens with two attached hydrogens (primary N) is 1. The van der Waals surface area contributed by atoms with Crippen molar-refractivity contribution in [2.45, 2.75) is 31.5 Å². The summed E-state index contributed by atoms with van der Waals surface area (Å²) in [6.45, 7) is 3.06. The van der Waals surface area contributed by atoms with Crippen LogP contribution >= 0.6 is 0 Å². The summed E-state index contributed by atoms with van der Waals surface area (Å²) < 4.78 is 44.0. The number of β-amino-alcohol motifs (C(OH)–C–C–N with tert-alkyl or cyclic N) is 1. The molecule has 224 valence electrons. The number of piperidine rings is 1. The molecule has 4 aliphatic rings. The van der Waals surface area contributed by atoms with Crippen molar-refractivity contribution in [1.29, 1.82) is 0 Å². The van der Waals surface area contributed by atoms with Crippen molar-refractivity contribution in [3.05, 3.63) is 83.1 Å². The number of likely N-dealkylation sites (tertiary alicyclic amines) is 1. The van der Waals surface area contributed by atoms with Crippen molar-refractivity contribution in [3.63, 3.8) is 0 Å². The molecule has 4 aliphatic heterocycles. The average Bonchev–Trinajstić information content (AvgIpc) is 3.29. The topological polar surface area (TPSA) is 142 Å². The van der Waals surface area contributed by atoms with Gasteiger partial charge in [-0.3, -0.25) is 14.6 Å².